The van der Waals surface area contributed by atoms with Gasteiger partial charge in [0.1, 0.15) is 17.1 Å². The van der Waals surface area contributed by atoms with Crippen LogP contribution in [0, 0.1) is 0 Å². The topological polar surface area (TPSA) is 88.2 Å². The largest absolute Gasteiger partial charge is 0.496 e. The molecular formula is C16H19N3O5. The number of rotatable bonds is 4. The monoisotopic (exact) mass is 333 g/mol. The number of nitrogens with one attached hydrogen (secondary N) is 1. The van der Waals surface area contributed by atoms with Crippen LogP contribution in [0.3, 0.4) is 0 Å². The van der Waals surface area contributed by atoms with Crippen molar-refractivity contribution in [1.29, 1.82) is 0 Å². The van der Waals surface area contributed by atoms with E-state index in [1.54, 1.807) is 23.1 Å². The number of nitrogens with zero attached hydrogens (tertiary/aromatic N) is 2. The van der Waals surface area contributed by atoms with Gasteiger partial charge in [-0.2, -0.15) is 0 Å². The molecule has 2 fully saturated rings. The molecule has 128 valence electrons. The van der Waals surface area contributed by atoms with Crippen molar-refractivity contribution in [3.05, 3.63) is 23.8 Å². The van der Waals surface area contributed by atoms with Crippen LogP contribution < -0.4 is 14.8 Å². The Balaban J connectivity index is 1.80. The number of hydrogen-bond donors (Lipinski definition) is 1. The van der Waals surface area contributed by atoms with Crippen LogP contribution in [0.5, 0.6) is 11.5 Å². The highest BCUT2D eigenvalue weighted by atomic mass is 16.5. The summed E-state index contributed by atoms with van der Waals surface area (Å²) in [6.07, 6.45) is 0.558. The molecule has 0 radical (unpaired) electrons. The molecule has 0 bridgehead atoms. The van der Waals surface area contributed by atoms with Crippen molar-refractivity contribution in [2.24, 2.45) is 0 Å². The highest BCUT2D eigenvalue weighted by molar-refractivity contribution is 6.03. The summed E-state index contributed by atoms with van der Waals surface area (Å²) in [5, 5.41) is 2.50. The van der Waals surface area contributed by atoms with Gasteiger partial charge in [-0.25, -0.2) is 4.79 Å². The zero-order valence-corrected chi connectivity index (χ0v) is 13.6. The predicted octanol–water partition coefficient (Wildman–Crippen LogP) is 0.470. The molecule has 1 unspecified atom stereocenters. The predicted molar refractivity (Wildman–Crippen MR) is 84.1 cm³/mol. The van der Waals surface area contributed by atoms with Crippen molar-refractivity contribution in [3.63, 3.8) is 0 Å². The Labute approximate surface area is 139 Å². The van der Waals surface area contributed by atoms with Crippen LogP contribution in [0.15, 0.2) is 18.2 Å². The SMILES string of the molecule is COc1cccc(OC)c1C(=O)N1CCC(N2C(=O)CNC2=O)C1. The Bertz CT molecular complexity index is 652. The fraction of sp³-hybridized carbons (Fsp3) is 0.438. The molecule has 0 aliphatic carbocycles. The Kier molecular flexibility index (Phi) is 4.28. The van der Waals surface area contributed by atoms with E-state index in [1.807, 2.05) is 0 Å². The van der Waals surface area contributed by atoms with Crippen molar-refractivity contribution < 1.29 is 23.9 Å². The average molecular weight is 333 g/mol. The minimum Gasteiger partial charge on any atom is -0.496 e. The van der Waals surface area contributed by atoms with Crippen molar-refractivity contribution in [1.82, 2.24) is 15.1 Å². The third kappa shape index (κ3) is 2.64. The molecule has 0 spiro atoms. The summed E-state index contributed by atoms with van der Waals surface area (Å²) < 4.78 is 10.5. The highest BCUT2D eigenvalue weighted by Gasteiger charge is 2.40. The second-order valence-corrected chi connectivity index (χ2v) is 5.65. The summed E-state index contributed by atoms with van der Waals surface area (Å²) in [5.74, 6) is 0.364. The Hall–Kier alpha value is -2.77. The number of carbonyl (C=O) groups excluding carboxylic acids is 3. The van der Waals surface area contributed by atoms with Gasteiger partial charge >= 0.3 is 6.03 Å². The number of hydrogen-bond acceptors (Lipinski definition) is 5. The Morgan fingerprint density at radius 1 is 1.21 bits per heavy atom. The van der Waals surface area contributed by atoms with E-state index < -0.39 is 6.03 Å². The molecule has 0 saturated carbocycles. The molecule has 2 heterocycles. The van der Waals surface area contributed by atoms with Gasteiger partial charge in [0, 0.05) is 13.1 Å². The smallest absolute Gasteiger partial charge is 0.324 e. The molecule has 24 heavy (non-hydrogen) atoms. The molecule has 1 aromatic rings. The number of imide groups is 1. The lowest BCUT2D eigenvalue weighted by molar-refractivity contribution is -0.126. The summed E-state index contributed by atoms with van der Waals surface area (Å²) in [4.78, 5) is 39.3. The molecule has 1 atom stereocenters. The molecule has 2 aliphatic rings. The summed E-state index contributed by atoms with van der Waals surface area (Å²) in [5.41, 5.74) is 0.348. The summed E-state index contributed by atoms with van der Waals surface area (Å²) >= 11 is 0. The lowest BCUT2D eigenvalue weighted by atomic mass is 10.1. The minimum absolute atomic E-state index is 0.0175. The van der Waals surface area contributed by atoms with Gasteiger partial charge in [-0.3, -0.25) is 14.5 Å². The van der Waals surface area contributed by atoms with Crippen molar-refractivity contribution in [2.75, 3.05) is 33.9 Å². The van der Waals surface area contributed by atoms with Crippen LogP contribution in [-0.2, 0) is 4.79 Å². The lowest BCUT2D eigenvalue weighted by Gasteiger charge is -2.22. The molecule has 2 saturated heterocycles. The van der Waals surface area contributed by atoms with Crippen LogP contribution >= 0.6 is 0 Å². The van der Waals surface area contributed by atoms with Gasteiger partial charge in [-0.05, 0) is 18.6 Å². The number of urea groups is 1. The van der Waals surface area contributed by atoms with Gasteiger partial charge in [0.05, 0.1) is 26.8 Å². The normalized spacial score (nSPS) is 20.3. The first-order valence-electron chi connectivity index (χ1n) is 7.67. The highest BCUT2D eigenvalue weighted by Crippen LogP contribution is 2.31. The molecule has 1 N–H and O–H groups in total. The van der Waals surface area contributed by atoms with Crippen molar-refractivity contribution in [2.45, 2.75) is 12.5 Å². The van der Waals surface area contributed by atoms with Gasteiger partial charge in [0.2, 0.25) is 5.91 Å². The second kappa shape index (κ2) is 6.38. The summed E-state index contributed by atoms with van der Waals surface area (Å²) in [6.45, 7) is 0.782. The number of amides is 4. The zero-order chi connectivity index (χ0) is 17.3. The van der Waals surface area contributed by atoms with E-state index in [2.05, 4.69) is 5.32 Å². The zero-order valence-electron chi connectivity index (χ0n) is 13.6. The van der Waals surface area contributed by atoms with Crippen LogP contribution in [0.1, 0.15) is 16.8 Å². The number of methoxy groups -OCH3 is 2. The number of carbonyl (C=O) groups is 3. The van der Waals surface area contributed by atoms with Gasteiger partial charge in [-0.1, -0.05) is 6.07 Å². The van der Waals surface area contributed by atoms with E-state index in [1.165, 1.54) is 19.1 Å². The Morgan fingerprint density at radius 2 is 1.88 bits per heavy atom. The maximum atomic E-state index is 12.9. The molecule has 2 aliphatic heterocycles. The molecule has 8 nitrogen and oxygen atoms in total. The number of benzene rings is 1. The van der Waals surface area contributed by atoms with Crippen molar-refractivity contribution >= 4 is 17.8 Å². The fourth-order valence-corrected chi connectivity index (χ4v) is 3.16. The number of ether oxygens (including phenoxy) is 2. The van der Waals surface area contributed by atoms with E-state index in [4.69, 9.17) is 9.47 Å². The maximum Gasteiger partial charge on any atom is 0.324 e. The Morgan fingerprint density at radius 3 is 2.42 bits per heavy atom. The number of likely N-dealkylation sites (tertiary alicyclic amines) is 1. The van der Waals surface area contributed by atoms with Gasteiger partial charge in [0.15, 0.2) is 0 Å². The van der Waals surface area contributed by atoms with Gasteiger partial charge in [-0.15, -0.1) is 0 Å². The summed E-state index contributed by atoms with van der Waals surface area (Å²) in [6, 6.07) is 4.44. The van der Waals surface area contributed by atoms with Gasteiger partial charge in [0.25, 0.3) is 5.91 Å². The standard InChI is InChI=1S/C16H19N3O5/c1-23-11-4-3-5-12(24-2)14(11)15(21)18-7-6-10(9-18)19-13(20)8-17-16(19)22/h3-5,10H,6-9H2,1-2H3,(H,17,22). The van der Waals surface area contributed by atoms with Crippen molar-refractivity contribution in [3.8, 4) is 11.5 Å². The average Bonchev–Trinajstić information content (AvgIpc) is 3.20. The molecular weight excluding hydrogens is 314 g/mol. The minimum atomic E-state index is -0.394. The van der Waals surface area contributed by atoms with Gasteiger partial charge < -0.3 is 19.7 Å². The van der Waals surface area contributed by atoms with Crippen LogP contribution in [-0.4, -0.2) is 67.5 Å². The van der Waals surface area contributed by atoms with E-state index >= 15 is 0 Å². The van der Waals surface area contributed by atoms with E-state index in [-0.39, 0.29) is 24.4 Å². The molecule has 8 heteroatoms. The van der Waals surface area contributed by atoms with E-state index in [0.717, 1.165) is 0 Å². The molecule has 0 aromatic heterocycles. The van der Waals surface area contributed by atoms with E-state index in [9.17, 15) is 14.4 Å². The fourth-order valence-electron chi connectivity index (χ4n) is 3.16. The quantitative estimate of drug-likeness (QED) is 0.809. The summed E-state index contributed by atoms with van der Waals surface area (Å²) in [7, 11) is 2.98. The lowest BCUT2D eigenvalue weighted by Crippen LogP contribution is -2.43. The first-order chi connectivity index (χ1) is 11.6. The van der Waals surface area contributed by atoms with Crippen LogP contribution in [0.25, 0.3) is 0 Å². The van der Waals surface area contributed by atoms with Crippen LogP contribution in [0.2, 0.25) is 0 Å². The maximum absolute atomic E-state index is 12.9. The third-order valence-corrected chi connectivity index (χ3v) is 4.34. The van der Waals surface area contributed by atoms with Crippen LogP contribution in [0.4, 0.5) is 4.79 Å². The first kappa shape index (κ1) is 16.1. The second-order valence-electron chi connectivity index (χ2n) is 5.65. The van der Waals surface area contributed by atoms with E-state index in [0.29, 0.717) is 36.6 Å². The molecule has 1 aromatic carbocycles. The molecule has 4 amide bonds. The first-order valence-corrected chi connectivity index (χ1v) is 7.67. The molecule has 3 rings (SSSR count). The third-order valence-electron chi connectivity index (χ3n) is 4.34.